The van der Waals surface area contributed by atoms with Crippen molar-refractivity contribution in [3.63, 3.8) is 0 Å². The quantitative estimate of drug-likeness (QED) is 0.0262. The van der Waals surface area contributed by atoms with E-state index in [1.807, 2.05) is 0 Å². The summed E-state index contributed by atoms with van der Waals surface area (Å²) in [4.78, 5) is 38.1. The Bertz CT molecular complexity index is 1080. The molecule has 0 aromatic heterocycles. The minimum atomic E-state index is -0.768. The molecular weight excluding hydrogens is 829 g/mol. The largest absolute Gasteiger partial charge is 0.462 e. The highest BCUT2D eigenvalue weighted by molar-refractivity contribution is 5.71. The van der Waals surface area contributed by atoms with Crippen LogP contribution in [0.4, 0.5) is 0 Å². The highest BCUT2D eigenvalue weighted by Gasteiger charge is 2.19. The van der Waals surface area contributed by atoms with E-state index in [-0.39, 0.29) is 31.1 Å². The van der Waals surface area contributed by atoms with Gasteiger partial charge >= 0.3 is 17.9 Å². The summed E-state index contributed by atoms with van der Waals surface area (Å²) < 4.78 is 16.9. The summed E-state index contributed by atoms with van der Waals surface area (Å²) in [6.07, 6.45) is 66.0. The van der Waals surface area contributed by atoms with Gasteiger partial charge in [0.05, 0.1) is 0 Å². The van der Waals surface area contributed by atoms with Crippen molar-refractivity contribution in [2.45, 2.75) is 335 Å². The normalized spacial score (nSPS) is 12.1. The summed E-state index contributed by atoms with van der Waals surface area (Å²) in [6.45, 7) is 6.66. The monoisotopic (exact) mass is 943 g/mol. The van der Waals surface area contributed by atoms with E-state index in [9.17, 15) is 14.4 Å². The summed E-state index contributed by atoms with van der Waals surface area (Å²) in [7, 11) is 0. The summed E-state index contributed by atoms with van der Waals surface area (Å²) in [5, 5.41) is 0. The summed E-state index contributed by atoms with van der Waals surface area (Å²) in [6, 6.07) is 0. The van der Waals surface area contributed by atoms with Crippen LogP contribution < -0.4 is 0 Å². The maximum atomic E-state index is 12.9. The van der Waals surface area contributed by atoms with Crippen LogP contribution in [0.25, 0.3) is 0 Å². The number of hydrogen-bond acceptors (Lipinski definition) is 6. The van der Waals surface area contributed by atoms with E-state index in [0.29, 0.717) is 19.3 Å². The molecule has 0 radical (unpaired) electrons. The van der Waals surface area contributed by atoms with Gasteiger partial charge in [-0.1, -0.05) is 283 Å². The summed E-state index contributed by atoms with van der Waals surface area (Å²) in [5.41, 5.74) is 0. The van der Waals surface area contributed by atoms with E-state index in [1.165, 1.54) is 225 Å². The van der Waals surface area contributed by atoms with Gasteiger partial charge in [0.25, 0.3) is 0 Å². The average molecular weight is 944 g/mol. The molecule has 0 rings (SSSR count). The zero-order valence-electron chi connectivity index (χ0n) is 45.2. The topological polar surface area (TPSA) is 78.9 Å². The third-order valence-corrected chi connectivity index (χ3v) is 13.5. The SMILES string of the molecule is CCCCC/C=C\C/C=C\CCCCCCCCCCCC(=O)O[C@@H](COC(=O)CCCCCCCCCCCCC)COC(=O)CCCCCCCCCCCCCCCCCCCCC. The van der Waals surface area contributed by atoms with Gasteiger partial charge in [-0.3, -0.25) is 14.4 Å². The van der Waals surface area contributed by atoms with E-state index in [0.717, 1.165) is 64.2 Å². The predicted octanol–water partition coefficient (Wildman–Crippen LogP) is 19.9. The number of esters is 3. The van der Waals surface area contributed by atoms with Gasteiger partial charge in [-0.25, -0.2) is 0 Å². The Morgan fingerprint density at radius 1 is 0.299 bits per heavy atom. The van der Waals surface area contributed by atoms with Gasteiger partial charge < -0.3 is 14.2 Å². The standard InChI is InChI=1S/C61H114O6/c1-4-7-10-13-16-19-22-24-26-28-30-32-34-36-39-42-45-48-51-54-60(63)66-57-58(56-65-59(62)53-50-47-44-41-38-21-18-15-12-9-6-3)67-61(64)55-52-49-46-43-40-37-35-33-31-29-27-25-23-20-17-14-11-8-5-2/h17,20,25,27,58H,4-16,18-19,21-24,26,28-57H2,1-3H3/b20-17-,27-25-/t58-/m0/s1. The number of carbonyl (C=O) groups is 3. The maximum absolute atomic E-state index is 12.9. The lowest BCUT2D eigenvalue weighted by atomic mass is 10.0. The maximum Gasteiger partial charge on any atom is 0.306 e. The molecule has 0 aliphatic rings. The van der Waals surface area contributed by atoms with E-state index < -0.39 is 6.10 Å². The lowest BCUT2D eigenvalue weighted by molar-refractivity contribution is -0.167. The molecule has 67 heavy (non-hydrogen) atoms. The van der Waals surface area contributed by atoms with E-state index in [1.54, 1.807) is 0 Å². The molecule has 6 nitrogen and oxygen atoms in total. The number of rotatable bonds is 55. The number of carbonyl (C=O) groups excluding carboxylic acids is 3. The third-order valence-electron chi connectivity index (χ3n) is 13.5. The van der Waals surface area contributed by atoms with Crippen LogP contribution in [0.15, 0.2) is 24.3 Å². The Hall–Kier alpha value is -2.11. The average Bonchev–Trinajstić information content (AvgIpc) is 3.33. The smallest absolute Gasteiger partial charge is 0.306 e. The Balaban J connectivity index is 4.27. The molecule has 0 bridgehead atoms. The van der Waals surface area contributed by atoms with Gasteiger partial charge in [-0.05, 0) is 51.4 Å². The molecule has 394 valence electrons. The van der Waals surface area contributed by atoms with Crippen molar-refractivity contribution >= 4 is 17.9 Å². The summed E-state index contributed by atoms with van der Waals surface area (Å²) in [5.74, 6) is -0.849. The molecule has 0 spiro atoms. The molecule has 0 heterocycles. The molecule has 6 heteroatoms. The fraction of sp³-hybridized carbons (Fsp3) is 0.885. The second kappa shape index (κ2) is 56.5. The first kappa shape index (κ1) is 64.9. The fourth-order valence-corrected chi connectivity index (χ4v) is 8.95. The second-order valence-electron chi connectivity index (χ2n) is 20.3. The first-order valence-electron chi connectivity index (χ1n) is 29.8. The van der Waals surface area contributed by atoms with E-state index >= 15 is 0 Å². The molecule has 1 atom stereocenters. The van der Waals surface area contributed by atoms with Crippen molar-refractivity contribution in [3.05, 3.63) is 24.3 Å². The van der Waals surface area contributed by atoms with Crippen molar-refractivity contribution in [2.24, 2.45) is 0 Å². The van der Waals surface area contributed by atoms with Crippen LogP contribution in [0.5, 0.6) is 0 Å². The molecule has 0 unspecified atom stereocenters. The lowest BCUT2D eigenvalue weighted by Crippen LogP contribution is -2.30. The Morgan fingerprint density at radius 3 is 0.851 bits per heavy atom. The van der Waals surface area contributed by atoms with Crippen LogP contribution in [0.1, 0.15) is 329 Å². The van der Waals surface area contributed by atoms with E-state index in [2.05, 4.69) is 45.1 Å². The van der Waals surface area contributed by atoms with Crippen LogP contribution in [-0.4, -0.2) is 37.2 Å². The predicted molar refractivity (Wildman–Crippen MR) is 289 cm³/mol. The van der Waals surface area contributed by atoms with Gasteiger partial charge in [-0.2, -0.15) is 0 Å². The van der Waals surface area contributed by atoms with Crippen LogP contribution in [0.3, 0.4) is 0 Å². The fourth-order valence-electron chi connectivity index (χ4n) is 8.95. The van der Waals surface area contributed by atoms with Crippen LogP contribution in [0, 0.1) is 0 Å². The number of hydrogen-bond donors (Lipinski definition) is 0. The Labute approximate surface area is 417 Å². The zero-order chi connectivity index (χ0) is 48.6. The highest BCUT2D eigenvalue weighted by Crippen LogP contribution is 2.17. The third kappa shape index (κ3) is 54.7. The molecule has 0 saturated carbocycles. The molecule has 0 saturated heterocycles. The van der Waals surface area contributed by atoms with Gasteiger partial charge in [-0.15, -0.1) is 0 Å². The minimum absolute atomic E-state index is 0.0672. The molecule has 0 amide bonds. The Kier molecular flexibility index (Phi) is 54.7. The van der Waals surface area contributed by atoms with Crippen molar-refractivity contribution in [1.82, 2.24) is 0 Å². The van der Waals surface area contributed by atoms with Crippen molar-refractivity contribution in [1.29, 1.82) is 0 Å². The molecule has 0 aromatic carbocycles. The Morgan fingerprint density at radius 2 is 0.537 bits per heavy atom. The number of ether oxygens (including phenoxy) is 3. The van der Waals surface area contributed by atoms with Gasteiger partial charge in [0.1, 0.15) is 13.2 Å². The zero-order valence-corrected chi connectivity index (χ0v) is 45.2. The minimum Gasteiger partial charge on any atom is -0.462 e. The van der Waals surface area contributed by atoms with Gasteiger partial charge in [0.2, 0.25) is 0 Å². The van der Waals surface area contributed by atoms with E-state index in [4.69, 9.17) is 14.2 Å². The molecule has 0 fully saturated rings. The molecular formula is C61H114O6. The van der Waals surface area contributed by atoms with Gasteiger partial charge in [0.15, 0.2) is 6.10 Å². The first-order chi connectivity index (χ1) is 33.0. The van der Waals surface area contributed by atoms with Crippen molar-refractivity contribution < 1.29 is 28.6 Å². The van der Waals surface area contributed by atoms with Crippen molar-refractivity contribution in [3.8, 4) is 0 Å². The first-order valence-corrected chi connectivity index (χ1v) is 29.8. The van der Waals surface area contributed by atoms with Gasteiger partial charge in [0, 0.05) is 19.3 Å². The molecule has 0 N–H and O–H groups in total. The highest BCUT2D eigenvalue weighted by atomic mass is 16.6. The second-order valence-corrected chi connectivity index (χ2v) is 20.3. The number of allylic oxidation sites excluding steroid dienone is 4. The van der Waals surface area contributed by atoms with Crippen molar-refractivity contribution in [2.75, 3.05) is 13.2 Å². The van der Waals surface area contributed by atoms with Crippen LogP contribution in [0.2, 0.25) is 0 Å². The molecule has 0 aliphatic heterocycles. The van der Waals surface area contributed by atoms with Crippen LogP contribution in [-0.2, 0) is 28.6 Å². The lowest BCUT2D eigenvalue weighted by Gasteiger charge is -2.18. The molecule has 0 aliphatic carbocycles. The summed E-state index contributed by atoms with van der Waals surface area (Å²) >= 11 is 0. The molecule has 0 aromatic rings. The number of unbranched alkanes of at least 4 members (excludes halogenated alkanes) is 40. The van der Waals surface area contributed by atoms with Crippen LogP contribution >= 0.6 is 0 Å².